The second-order valence-electron chi connectivity index (χ2n) is 3.53. The summed E-state index contributed by atoms with van der Waals surface area (Å²) >= 11 is 0. The van der Waals surface area contributed by atoms with E-state index in [9.17, 15) is 0 Å². The molecule has 1 unspecified atom stereocenters. The van der Waals surface area contributed by atoms with Crippen molar-refractivity contribution < 1.29 is 0 Å². The van der Waals surface area contributed by atoms with Crippen molar-refractivity contribution in [3.8, 4) is 0 Å². The first-order valence-electron chi connectivity index (χ1n) is 4.81. The fourth-order valence-electron chi connectivity index (χ4n) is 1.89. The van der Waals surface area contributed by atoms with Crippen LogP contribution in [0.15, 0.2) is 0 Å². The van der Waals surface area contributed by atoms with E-state index in [-0.39, 0.29) is 0 Å². The van der Waals surface area contributed by atoms with Gasteiger partial charge in [0.25, 0.3) is 0 Å². The molecule has 3 heteroatoms. The fourth-order valence-corrected chi connectivity index (χ4v) is 1.89. The minimum Gasteiger partial charge on any atom is -0.388 e. The molecule has 1 aliphatic rings. The number of likely N-dealkylation sites (tertiary alicyclic amines) is 1. The summed E-state index contributed by atoms with van der Waals surface area (Å²) in [4.78, 5) is 2.46. The summed E-state index contributed by atoms with van der Waals surface area (Å²) in [6, 6.07) is 0.519. The van der Waals surface area contributed by atoms with Gasteiger partial charge in [0.2, 0.25) is 0 Å². The van der Waals surface area contributed by atoms with E-state index in [1.54, 1.807) is 0 Å². The predicted octanol–water partition coefficient (Wildman–Crippen LogP) is 1.19. The van der Waals surface area contributed by atoms with E-state index in [2.05, 4.69) is 11.8 Å². The molecule has 0 bridgehead atoms. The standard InChI is InChI=1S/C9H19N3/c1-2-8(7-9(10)11)12-5-3-4-6-12/h8H,2-7H2,1H3,(H3,10,11). The second-order valence-corrected chi connectivity index (χ2v) is 3.53. The lowest BCUT2D eigenvalue weighted by atomic mass is 10.1. The van der Waals surface area contributed by atoms with E-state index >= 15 is 0 Å². The van der Waals surface area contributed by atoms with Crippen LogP contribution in [-0.2, 0) is 0 Å². The smallest absolute Gasteiger partial charge is 0.0921 e. The molecular formula is C9H19N3. The third-order valence-corrected chi connectivity index (χ3v) is 2.58. The van der Waals surface area contributed by atoms with Gasteiger partial charge in [-0.05, 0) is 32.4 Å². The maximum atomic E-state index is 7.24. The Balaban J connectivity index is 2.37. The first-order chi connectivity index (χ1) is 5.74. The third-order valence-electron chi connectivity index (χ3n) is 2.58. The average molecular weight is 169 g/mol. The molecule has 1 rings (SSSR count). The highest BCUT2D eigenvalue weighted by Crippen LogP contribution is 2.15. The lowest BCUT2D eigenvalue weighted by molar-refractivity contribution is 0.241. The number of rotatable bonds is 4. The van der Waals surface area contributed by atoms with E-state index in [0.717, 1.165) is 12.8 Å². The summed E-state index contributed by atoms with van der Waals surface area (Å²) in [6.07, 6.45) is 4.49. The summed E-state index contributed by atoms with van der Waals surface area (Å²) < 4.78 is 0. The Morgan fingerprint density at radius 2 is 2.08 bits per heavy atom. The number of amidine groups is 1. The highest BCUT2D eigenvalue weighted by Gasteiger charge is 2.20. The van der Waals surface area contributed by atoms with Gasteiger partial charge >= 0.3 is 0 Å². The predicted molar refractivity (Wildman–Crippen MR) is 51.4 cm³/mol. The molecule has 3 N–H and O–H groups in total. The maximum Gasteiger partial charge on any atom is 0.0921 e. The highest BCUT2D eigenvalue weighted by atomic mass is 15.2. The van der Waals surface area contributed by atoms with Gasteiger partial charge in [-0.2, -0.15) is 0 Å². The first-order valence-corrected chi connectivity index (χ1v) is 4.81. The molecule has 0 amide bonds. The summed E-state index contributed by atoms with van der Waals surface area (Å²) in [5.41, 5.74) is 5.39. The van der Waals surface area contributed by atoms with E-state index in [1.807, 2.05) is 0 Å². The first kappa shape index (κ1) is 9.52. The van der Waals surface area contributed by atoms with Gasteiger partial charge in [-0.3, -0.25) is 10.3 Å². The van der Waals surface area contributed by atoms with Crippen LogP contribution in [-0.4, -0.2) is 29.9 Å². The Morgan fingerprint density at radius 3 is 2.50 bits per heavy atom. The molecule has 0 aromatic rings. The Bertz CT molecular complexity index is 150. The van der Waals surface area contributed by atoms with Crippen LogP contribution in [0.2, 0.25) is 0 Å². The quantitative estimate of drug-likeness (QED) is 0.490. The van der Waals surface area contributed by atoms with E-state index < -0.39 is 0 Å². The molecule has 1 aliphatic heterocycles. The summed E-state index contributed by atoms with van der Waals surface area (Å²) in [7, 11) is 0. The molecule has 12 heavy (non-hydrogen) atoms. The van der Waals surface area contributed by atoms with Crippen LogP contribution in [0.4, 0.5) is 0 Å². The van der Waals surface area contributed by atoms with Crippen molar-refractivity contribution in [2.24, 2.45) is 5.73 Å². The molecule has 0 aromatic carbocycles. The number of hydrogen-bond acceptors (Lipinski definition) is 2. The molecule has 0 radical (unpaired) electrons. The molecule has 1 saturated heterocycles. The number of nitrogens with one attached hydrogen (secondary N) is 1. The Morgan fingerprint density at radius 1 is 1.50 bits per heavy atom. The van der Waals surface area contributed by atoms with Crippen LogP contribution in [0.3, 0.4) is 0 Å². The van der Waals surface area contributed by atoms with Crippen LogP contribution < -0.4 is 5.73 Å². The maximum absolute atomic E-state index is 7.24. The SMILES string of the molecule is CCC(CC(=N)N)N1CCCC1. The van der Waals surface area contributed by atoms with Crippen molar-refractivity contribution in [3.05, 3.63) is 0 Å². The van der Waals surface area contributed by atoms with Crippen LogP contribution in [0, 0.1) is 5.41 Å². The largest absolute Gasteiger partial charge is 0.388 e. The second kappa shape index (κ2) is 4.45. The number of hydrogen-bond donors (Lipinski definition) is 2. The molecular weight excluding hydrogens is 150 g/mol. The minimum atomic E-state index is 0.328. The van der Waals surface area contributed by atoms with Crippen LogP contribution >= 0.6 is 0 Å². The molecule has 0 spiro atoms. The van der Waals surface area contributed by atoms with Gasteiger partial charge in [-0.15, -0.1) is 0 Å². The normalized spacial score (nSPS) is 21.1. The van der Waals surface area contributed by atoms with Gasteiger partial charge in [0.05, 0.1) is 5.84 Å². The van der Waals surface area contributed by atoms with Gasteiger partial charge < -0.3 is 5.73 Å². The Hall–Kier alpha value is -0.570. The van der Waals surface area contributed by atoms with Gasteiger partial charge in [0.15, 0.2) is 0 Å². The average Bonchev–Trinajstić information content (AvgIpc) is 2.51. The number of nitrogens with zero attached hydrogens (tertiary/aromatic N) is 1. The van der Waals surface area contributed by atoms with Crippen LogP contribution in [0.25, 0.3) is 0 Å². The fraction of sp³-hybridized carbons (Fsp3) is 0.889. The zero-order valence-electron chi connectivity index (χ0n) is 7.84. The number of nitrogens with two attached hydrogens (primary N) is 1. The molecule has 0 aliphatic carbocycles. The molecule has 1 fully saturated rings. The zero-order valence-corrected chi connectivity index (χ0v) is 7.84. The van der Waals surface area contributed by atoms with Crippen molar-refractivity contribution in [1.82, 2.24) is 4.90 Å². The van der Waals surface area contributed by atoms with Crippen molar-refractivity contribution in [2.75, 3.05) is 13.1 Å². The molecule has 1 atom stereocenters. The van der Waals surface area contributed by atoms with Gasteiger partial charge in [-0.25, -0.2) is 0 Å². The van der Waals surface area contributed by atoms with Crippen LogP contribution in [0.1, 0.15) is 32.6 Å². The van der Waals surface area contributed by atoms with Gasteiger partial charge in [0, 0.05) is 12.5 Å². The summed E-state index contributed by atoms with van der Waals surface area (Å²) in [5.74, 6) is 0.328. The van der Waals surface area contributed by atoms with E-state index in [4.69, 9.17) is 11.1 Å². The topological polar surface area (TPSA) is 53.1 Å². The Kier molecular flexibility index (Phi) is 3.53. The lowest BCUT2D eigenvalue weighted by Gasteiger charge is -2.25. The molecule has 3 nitrogen and oxygen atoms in total. The van der Waals surface area contributed by atoms with Crippen molar-refractivity contribution in [3.63, 3.8) is 0 Å². The van der Waals surface area contributed by atoms with Crippen molar-refractivity contribution in [1.29, 1.82) is 5.41 Å². The van der Waals surface area contributed by atoms with Gasteiger partial charge in [0.1, 0.15) is 0 Å². The molecule has 70 valence electrons. The zero-order chi connectivity index (χ0) is 8.97. The van der Waals surface area contributed by atoms with Crippen molar-refractivity contribution >= 4 is 5.84 Å². The lowest BCUT2D eigenvalue weighted by Crippen LogP contribution is -2.35. The van der Waals surface area contributed by atoms with Crippen molar-refractivity contribution in [2.45, 2.75) is 38.6 Å². The van der Waals surface area contributed by atoms with Crippen LogP contribution in [0.5, 0.6) is 0 Å². The highest BCUT2D eigenvalue weighted by molar-refractivity contribution is 5.77. The summed E-state index contributed by atoms with van der Waals surface area (Å²) in [5, 5.41) is 7.24. The summed E-state index contributed by atoms with van der Waals surface area (Å²) in [6.45, 7) is 4.57. The molecule has 1 heterocycles. The minimum absolute atomic E-state index is 0.328. The molecule has 0 saturated carbocycles. The third kappa shape index (κ3) is 2.48. The van der Waals surface area contributed by atoms with Gasteiger partial charge in [-0.1, -0.05) is 6.92 Å². The monoisotopic (exact) mass is 169 g/mol. The molecule has 0 aromatic heterocycles. The van der Waals surface area contributed by atoms with E-state index in [1.165, 1.54) is 25.9 Å². The Labute approximate surface area is 74.4 Å². The van der Waals surface area contributed by atoms with E-state index in [0.29, 0.717) is 11.9 Å².